The number of aliphatic carboxylic acids is 1. The van der Waals surface area contributed by atoms with Crippen molar-refractivity contribution in [3.63, 3.8) is 0 Å². The first kappa shape index (κ1) is 21.2. The Labute approximate surface area is 159 Å². The topological polar surface area (TPSA) is 113 Å². The third kappa shape index (κ3) is 6.51. The molecular weight excluding hydrogens is 372 g/mol. The van der Waals surface area contributed by atoms with Gasteiger partial charge in [-0.15, -0.1) is 0 Å². The zero-order valence-electron chi connectivity index (χ0n) is 15.4. The number of anilines is 1. The summed E-state index contributed by atoms with van der Waals surface area (Å²) in [7, 11) is -3.24. The molecule has 1 aliphatic rings. The van der Waals surface area contributed by atoms with E-state index >= 15 is 0 Å². The molecule has 2 N–H and O–H groups in total. The van der Waals surface area contributed by atoms with E-state index in [1.54, 1.807) is 24.3 Å². The van der Waals surface area contributed by atoms with E-state index in [0.717, 1.165) is 6.42 Å². The molecule has 0 aliphatic carbocycles. The highest BCUT2D eigenvalue weighted by Gasteiger charge is 2.30. The van der Waals surface area contributed by atoms with E-state index < -0.39 is 22.6 Å². The van der Waals surface area contributed by atoms with Gasteiger partial charge in [-0.05, 0) is 31.4 Å². The lowest BCUT2D eigenvalue weighted by atomic mass is 9.97. The average Bonchev–Trinajstić information content (AvgIpc) is 2.65. The molecule has 150 valence electrons. The molecule has 0 atom stereocenters. The number of sulfonamides is 1. The fourth-order valence-electron chi connectivity index (χ4n) is 2.91. The van der Waals surface area contributed by atoms with Crippen molar-refractivity contribution in [3.8, 4) is 5.75 Å². The maximum absolute atomic E-state index is 12.5. The Balaban J connectivity index is 1.87. The van der Waals surface area contributed by atoms with E-state index in [9.17, 15) is 18.0 Å². The van der Waals surface area contributed by atoms with E-state index in [0.29, 0.717) is 43.8 Å². The Hall–Kier alpha value is -2.13. The number of benzene rings is 1. The predicted molar refractivity (Wildman–Crippen MR) is 101 cm³/mol. The molecule has 1 aromatic rings. The molecule has 0 unspecified atom stereocenters. The van der Waals surface area contributed by atoms with Crippen LogP contribution in [0.3, 0.4) is 0 Å². The number of hydrogen-bond donors (Lipinski definition) is 2. The SMILES string of the molecule is CCCCS(=O)(=O)N1CCC(C(=O)Nc2cccc(OCC(=O)O)c2)CC1. The molecule has 1 aromatic carbocycles. The molecule has 0 aromatic heterocycles. The average molecular weight is 398 g/mol. The number of unbranched alkanes of at least 4 members (excludes halogenated alkanes) is 1. The van der Waals surface area contributed by atoms with Crippen LogP contribution in [-0.2, 0) is 19.6 Å². The van der Waals surface area contributed by atoms with Crippen LogP contribution in [0.25, 0.3) is 0 Å². The van der Waals surface area contributed by atoms with Crippen LogP contribution in [0.15, 0.2) is 24.3 Å². The van der Waals surface area contributed by atoms with E-state index in [-0.39, 0.29) is 17.6 Å². The van der Waals surface area contributed by atoms with Gasteiger partial charge < -0.3 is 15.2 Å². The van der Waals surface area contributed by atoms with E-state index in [4.69, 9.17) is 9.84 Å². The third-order valence-electron chi connectivity index (χ3n) is 4.44. The number of amides is 1. The Kier molecular flexibility index (Phi) is 7.61. The smallest absolute Gasteiger partial charge is 0.341 e. The molecule has 0 radical (unpaired) electrons. The van der Waals surface area contributed by atoms with Gasteiger partial charge in [-0.2, -0.15) is 0 Å². The van der Waals surface area contributed by atoms with E-state index in [2.05, 4.69) is 5.32 Å². The Morgan fingerprint density at radius 3 is 2.63 bits per heavy atom. The lowest BCUT2D eigenvalue weighted by Gasteiger charge is -2.30. The monoisotopic (exact) mass is 398 g/mol. The summed E-state index contributed by atoms with van der Waals surface area (Å²) in [6.45, 7) is 2.20. The van der Waals surface area contributed by atoms with Gasteiger partial charge in [-0.3, -0.25) is 4.79 Å². The lowest BCUT2D eigenvalue weighted by Crippen LogP contribution is -2.42. The maximum atomic E-state index is 12.5. The molecule has 9 heteroatoms. The number of rotatable bonds is 9. The fraction of sp³-hybridized carbons (Fsp3) is 0.556. The minimum Gasteiger partial charge on any atom is -0.482 e. The van der Waals surface area contributed by atoms with Gasteiger partial charge in [0.2, 0.25) is 15.9 Å². The van der Waals surface area contributed by atoms with Crippen LogP contribution in [0.1, 0.15) is 32.6 Å². The fourth-order valence-corrected chi connectivity index (χ4v) is 4.58. The first-order valence-electron chi connectivity index (χ1n) is 9.05. The minimum absolute atomic E-state index is 0.156. The summed E-state index contributed by atoms with van der Waals surface area (Å²) in [6, 6.07) is 6.52. The number of ether oxygens (including phenoxy) is 1. The number of nitrogens with one attached hydrogen (secondary N) is 1. The molecular formula is C18H26N2O6S. The van der Waals surface area contributed by atoms with Crippen molar-refractivity contribution >= 4 is 27.6 Å². The summed E-state index contributed by atoms with van der Waals surface area (Å²) in [5, 5.41) is 11.4. The van der Waals surface area contributed by atoms with Crippen LogP contribution in [0.5, 0.6) is 5.75 Å². The number of carbonyl (C=O) groups excluding carboxylic acids is 1. The van der Waals surface area contributed by atoms with Gasteiger partial charge in [0.05, 0.1) is 5.75 Å². The zero-order valence-corrected chi connectivity index (χ0v) is 16.2. The maximum Gasteiger partial charge on any atom is 0.341 e. The summed E-state index contributed by atoms with van der Waals surface area (Å²) in [4.78, 5) is 23.0. The molecule has 8 nitrogen and oxygen atoms in total. The molecule has 0 saturated carbocycles. The lowest BCUT2D eigenvalue weighted by molar-refractivity contribution is -0.139. The second-order valence-corrected chi connectivity index (χ2v) is 8.63. The molecule has 1 aliphatic heterocycles. The number of carbonyl (C=O) groups is 2. The normalized spacial score (nSPS) is 16.0. The highest BCUT2D eigenvalue weighted by molar-refractivity contribution is 7.89. The van der Waals surface area contributed by atoms with E-state index in [1.807, 2.05) is 6.92 Å². The van der Waals surface area contributed by atoms with Crippen molar-refractivity contribution in [3.05, 3.63) is 24.3 Å². The summed E-state index contributed by atoms with van der Waals surface area (Å²) in [5.41, 5.74) is 0.515. The molecule has 1 fully saturated rings. The molecule has 2 rings (SSSR count). The van der Waals surface area contributed by atoms with Gasteiger partial charge in [0, 0.05) is 30.8 Å². The van der Waals surface area contributed by atoms with Crippen molar-refractivity contribution in [2.45, 2.75) is 32.6 Å². The van der Waals surface area contributed by atoms with Crippen LogP contribution >= 0.6 is 0 Å². The van der Waals surface area contributed by atoms with Gasteiger partial charge in [-0.25, -0.2) is 17.5 Å². The number of carboxylic acids is 1. The van der Waals surface area contributed by atoms with Crippen LogP contribution in [0.2, 0.25) is 0 Å². The summed E-state index contributed by atoms with van der Waals surface area (Å²) in [6.07, 6.45) is 2.43. The number of nitrogens with zero attached hydrogens (tertiary/aromatic N) is 1. The first-order valence-corrected chi connectivity index (χ1v) is 10.7. The van der Waals surface area contributed by atoms with Crippen LogP contribution in [-0.4, -0.2) is 55.2 Å². The standard InChI is InChI=1S/C18H26N2O6S/c1-2-3-11-27(24,25)20-9-7-14(8-10-20)18(23)19-15-5-4-6-16(12-15)26-13-17(21)22/h4-6,12,14H,2-3,7-11,13H2,1H3,(H,19,23)(H,21,22). The minimum atomic E-state index is -3.24. The van der Waals surface area contributed by atoms with Crippen molar-refractivity contribution in [1.82, 2.24) is 4.31 Å². The van der Waals surface area contributed by atoms with Gasteiger partial charge >= 0.3 is 5.97 Å². The van der Waals surface area contributed by atoms with Crippen molar-refractivity contribution < 1.29 is 27.9 Å². The predicted octanol–water partition coefficient (Wildman–Crippen LogP) is 1.93. The molecule has 0 bridgehead atoms. The van der Waals surface area contributed by atoms with Crippen LogP contribution in [0.4, 0.5) is 5.69 Å². The number of hydrogen-bond acceptors (Lipinski definition) is 5. The summed E-state index contributed by atoms with van der Waals surface area (Å²) in [5.74, 6) is -0.997. The van der Waals surface area contributed by atoms with Crippen LogP contribution < -0.4 is 10.1 Å². The van der Waals surface area contributed by atoms with Crippen LogP contribution in [0, 0.1) is 5.92 Å². The molecule has 27 heavy (non-hydrogen) atoms. The quantitative estimate of drug-likeness (QED) is 0.657. The molecule has 1 saturated heterocycles. The molecule has 1 heterocycles. The Morgan fingerprint density at radius 1 is 1.30 bits per heavy atom. The Morgan fingerprint density at radius 2 is 2.00 bits per heavy atom. The van der Waals surface area contributed by atoms with Gasteiger partial charge in [0.15, 0.2) is 6.61 Å². The zero-order chi connectivity index (χ0) is 19.9. The molecule has 1 amide bonds. The Bertz CT molecular complexity index is 757. The molecule has 0 spiro atoms. The van der Waals surface area contributed by atoms with Crippen molar-refractivity contribution in [2.75, 3.05) is 30.8 Å². The summed E-state index contributed by atoms with van der Waals surface area (Å²) < 4.78 is 31.0. The van der Waals surface area contributed by atoms with Gasteiger partial charge in [0.25, 0.3) is 0 Å². The highest BCUT2D eigenvalue weighted by Crippen LogP contribution is 2.23. The van der Waals surface area contributed by atoms with Crippen molar-refractivity contribution in [2.24, 2.45) is 5.92 Å². The first-order chi connectivity index (χ1) is 12.8. The number of carboxylic acid groups (broad SMARTS) is 1. The summed E-state index contributed by atoms with van der Waals surface area (Å²) >= 11 is 0. The largest absolute Gasteiger partial charge is 0.482 e. The third-order valence-corrected chi connectivity index (χ3v) is 6.39. The van der Waals surface area contributed by atoms with Gasteiger partial charge in [-0.1, -0.05) is 19.4 Å². The van der Waals surface area contributed by atoms with Gasteiger partial charge in [0.1, 0.15) is 5.75 Å². The van der Waals surface area contributed by atoms with E-state index in [1.165, 1.54) is 4.31 Å². The number of piperidine rings is 1. The second-order valence-electron chi connectivity index (χ2n) is 6.54. The van der Waals surface area contributed by atoms with Crippen molar-refractivity contribution in [1.29, 1.82) is 0 Å². The highest BCUT2D eigenvalue weighted by atomic mass is 32.2. The second kappa shape index (κ2) is 9.70.